The molecule has 1 heterocycles. The van der Waals surface area contributed by atoms with Gasteiger partial charge >= 0.3 is 5.97 Å². The van der Waals surface area contributed by atoms with Crippen LogP contribution in [0.3, 0.4) is 0 Å². The largest absolute Gasteiger partial charge is 0.482 e. The van der Waals surface area contributed by atoms with Gasteiger partial charge in [-0.1, -0.05) is 30.4 Å². The van der Waals surface area contributed by atoms with Crippen LogP contribution in [0.25, 0.3) is 12.2 Å². The van der Waals surface area contributed by atoms with Crippen molar-refractivity contribution < 1.29 is 19.1 Å². The molecule has 2 aromatic rings. The number of carbonyl (C=O) groups is 2. The van der Waals surface area contributed by atoms with E-state index in [0.29, 0.717) is 17.2 Å². The standard InChI is InChI=1S/C18H15NO4/c1-12(20)23-15-7-4-13(5-8-15)2-3-14-6-9-17-16(10-14)19-18(21)11-22-17/h2-10H,11H2,1H3,(H,19,21). The molecule has 0 radical (unpaired) electrons. The average Bonchev–Trinajstić information content (AvgIpc) is 2.53. The van der Waals surface area contributed by atoms with E-state index in [1.54, 1.807) is 12.1 Å². The molecule has 1 aliphatic heterocycles. The highest BCUT2D eigenvalue weighted by atomic mass is 16.5. The molecule has 1 N–H and O–H groups in total. The lowest BCUT2D eigenvalue weighted by Crippen LogP contribution is -2.25. The van der Waals surface area contributed by atoms with E-state index in [4.69, 9.17) is 9.47 Å². The number of amides is 1. The number of hydrogen-bond acceptors (Lipinski definition) is 4. The van der Waals surface area contributed by atoms with E-state index in [1.165, 1.54) is 6.92 Å². The van der Waals surface area contributed by atoms with Gasteiger partial charge in [-0.25, -0.2) is 0 Å². The van der Waals surface area contributed by atoms with Gasteiger partial charge in [-0.2, -0.15) is 0 Å². The van der Waals surface area contributed by atoms with E-state index >= 15 is 0 Å². The van der Waals surface area contributed by atoms with E-state index in [-0.39, 0.29) is 18.5 Å². The molecule has 0 bridgehead atoms. The van der Waals surface area contributed by atoms with Crippen molar-refractivity contribution in [2.24, 2.45) is 0 Å². The Labute approximate surface area is 133 Å². The van der Waals surface area contributed by atoms with Gasteiger partial charge in [-0.3, -0.25) is 9.59 Å². The Kier molecular flexibility index (Phi) is 4.10. The number of benzene rings is 2. The summed E-state index contributed by atoms with van der Waals surface area (Å²) in [7, 11) is 0. The third-order valence-electron chi connectivity index (χ3n) is 3.25. The molecule has 0 fully saturated rings. The highest BCUT2D eigenvalue weighted by Crippen LogP contribution is 2.29. The van der Waals surface area contributed by atoms with E-state index in [0.717, 1.165) is 11.1 Å². The number of nitrogens with one attached hydrogen (secondary N) is 1. The number of esters is 1. The third-order valence-corrected chi connectivity index (χ3v) is 3.25. The predicted molar refractivity (Wildman–Crippen MR) is 87.2 cm³/mol. The Hall–Kier alpha value is -3.08. The summed E-state index contributed by atoms with van der Waals surface area (Å²) >= 11 is 0. The zero-order valence-electron chi connectivity index (χ0n) is 12.5. The van der Waals surface area contributed by atoms with Crippen molar-refractivity contribution in [1.29, 1.82) is 0 Å². The summed E-state index contributed by atoms with van der Waals surface area (Å²) in [5.74, 6) is 0.696. The van der Waals surface area contributed by atoms with Crippen LogP contribution in [0.15, 0.2) is 42.5 Å². The first kappa shape index (κ1) is 14.8. The number of rotatable bonds is 3. The first-order valence-corrected chi connectivity index (χ1v) is 7.13. The summed E-state index contributed by atoms with van der Waals surface area (Å²) in [4.78, 5) is 22.2. The number of anilines is 1. The quantitative estimate of drug-likeness (QED) is 0.537. The van der Waals surface area contributed by atoms with Crippen molar-refractivity contribution in [2.75, 3.05) is 11.9 Å². The summed E-state index contributed by atoms with van der Waals surface area (Å²) in [6.45, 7) is 1.42. The maximum absolute atomic E-state index is 11.3. The van der Waals surface area contributed by atoms with Gasteiger partial charge in [0.1, 0.15) is 11.5 Å². The molecule has 0 aliphatic carbocycles. The highest BCUT2D eigenvalue weighted by molar-refractivity contribution is 5.95. The van der Waals surface area contributed by atoms with Crippen LogP contribution in [0.5, 0.6) is 11.5 Å². The van der Waals surface area contributed by atoms with Crippen LogP contribution >= 0.6 is 0 Å². The van der Waals surface area contributed by atoms with Gasteiger partial charge < -0.3 is 14.8 Å². The van der Waals surface area contributed by atoms with Crippen LogP contribution < -0.4 is 14.8 Å². The Balaban J connectivity index is 1.74. The minimum absolute atomic E-state index is 0.0524. The summed E-state index contributed by atoms with van der Waals surface area (Å²) in [5, 5.41) is 2.78. The fourth-order valence-corrected chi connectivity index (χ4v) is 2.21. The number of ether oxygens (including phenoxy) is 2. The molecule has 5 heteroatoms. The summed E-state index contributed by atoms with van der Waals surface area (Å²) in [5.41, 5.74) is 2.59. The van der Waals surface area contributed by atoms with E-state index in [2.05, 4.69) is 5.32 Å². The molecule has 0 saturated carbocycles. The van der Waals surface area contributed by atoms with Gasteiger partial charge in [0, 0.05) is 6.92 Å². The first-order valence-electron chi connectivity index (χ1n) is 7.13. The lowest BCUT2D eigenvalue weighted by Gasteiger charge is -2.17. The molecule has 1 aliphatic rings. The molecule has 0 saturated heterocycles. The Morgan fingerprint density at radius 1 is 1.13 bits per heavy atom. The van der Waals surface area contributed by atoms with Crippen molar-refractivity contribution in [3.63, 3.8) is 0 Å². The monoisotopic (exact) mass is 309 g/mol. The third kappa shape index (κ3) is 3.77. The van der Waals surface area contributed by atoms with E-state index in [1.807, 2.05) is 42.5 Å². The van der Waals surface area contributed by atoms with Crippen molar-refractivity contribution in [2.45, 2.75) is 6.92 Å². The molecule has 1 amide bonds. The number of fused-ring (bicyclic) bond motifs is 1. The molecule has 3 rings (SSSR count). The second kappa shape index (κ2) is 6.36. The molecular formula is C18H15NO4. The fourth-order valence-electron chi connectivity index (χ4n) is 2.21. The predicted octanol–water partition coefficient (Wildman–Crippen LogP) is 3.11. The summed E-state index contributed by atoms with van der Waals surface area (Å²) < 4.78 is 10.3. The second-order valence-corrected chi connectivity index (χ2v) is 5.09. The van der Waals surface area contributed by atoms with Crippen LogP contribution in [-0.4, -0.2) is 18.5 Å². The van der Waals surface area contributed by atoms with Crippen molar-refractivity contribution >= 4 is 29.7 Å². The second-order valence-electron chi connectivity index (χ2n) is 5.09. The van der Waals surface area contributed by atoms with Gasteiger partial charge in [0.25, 0.3) is 5.91 Å². The zero-order chi connectivity index (χ0) is 16.2. The van der Waals surface area contributed by atoms with Crippen LogP contribution in [0.4, 0.5) is 5.69 Å². The topological polar surface area (TPSA) is 64.6 Å². The molecule has 0 spiro atoms. The van der Waals surface area contributed by atoms with Crippen LogP contribution in [0, 0.1) is 0 Å². The number of carbonyl (C=O) groups excluding carboxylic acids is 2. The van der Waals surface area contributed by atoms with Gasteiger partial charge in [-0.15, -0.1) is 0 Å². The van der Waals surface area contributed by atoms with Crippen molar-refractivity contribution in [3.8, 4) is 11.5 Å². The van der Waals surface area contributed by atoms with Gasteiger partial charge in [-0.05, 0) is 35.4 Å². The van der Waals surface area contributed by atoms with Crippen LogP contribution in [0.1, 0.15) is 18.1 Å². The smallest absolute Gasteiger partial charge is 0.308 e. The SMILES string of the molecule is CC(=O)Oc1ccc(C=Cc2ccc3c(c2)NC(=O)CO3)cc1. The van der Waals surface area contributed by atoms with Gasteiger partial charge in [0.2, 0.25) is 0 Å². The molecule has 116 valence electrons. The summed E-state index contributed by atoms with van der Waals surface area (Å²) in [6, 6.07) is 12.8. The van der Waals surface area contributed by atoms with Crippen LogP contribution in [-0.2, 0) is 9.59 Å². The summed E-state index contributed by atoms with van der Waals surface area (Å²) in [6.07, 6.45) is 3.87. The lowest BCUT2D eigenvalue weighted by atomic mass is 10.1. The van der Waals surface area contributed by atoms with Gasteiger partial charge in [0.05, 0.1) is 5.69 Å². The maximum Gasteiger partial charge on any atom is 0.308 e. The normalized spacial score (nSPS) is 13.2. The minimum atomic E-state index is -0.341. The molecule has 2 aromatic carbocycles. The van der Waals surface area contributed by atoms with Crippen molar-refractivity contribution in [3.05, 3.63) is 53.6 Å². The maximum atomic E-state index is 11.3. The average molecular weight is 309 g/mol. The molecule has 23 heavy (non-hydrogen) atoms. The van der Waals surface area contributed by atoms with Crippen molar-refractivity contribution in [1.82, 2.24) is 0 Å². The van der Waals surface area contributed by atoms with E-state index < -0.39 is 0 Å². The Bertz CT molecular complexity index is 778. The Morgan fingerprint density at radius 3 is 2.57 bits per heavy atom. The highest BCUT2D eigenvalue weighted by Gasteiger charge is 2.15. The molecule has 5 nitrogen and oxygen atoms in total. The van der Waals surface area contributed by atoms with Gasteiger partial charge in [0.15, 0.2) is 6.61 Å². The fraction of sp³-hybridized carbons (Fsp3) is 0.111. The van der Waals surface area contributed by atoms with E-state index in [9.17, 15) is 9.59 Å². The van der Waals surface area contributed by atoms with Crippen LogP contribution in [0.2, 0.25) is 0 Å². The minimum Gasteiger partial charge on any atom is -0.482 e. The molecule has 0 aromatic heterocycles. The zero-order valence-corrected chi connectivity index (χ0v) is 12.5. The number of hydrogen-bond donors (Lipinski definition) is 1. The lowest BCUT2D eigenvalue weighted by molar-refractivity contribution is -0.131. The molecule has 0 atom stereocenters. The molecular weight excluding hydrogens is 294 g/mol. The first-order chi connectivity index (χ1) is 11.1. The molecule has 0 unspecified atom stereocenters. The Morgan fingerprint density at radius 2 is 1.83 bits per heavy atom.